The number of hydrogen-bond acceptors (Lipinski definition) is 6. The third kappa shape index (κ3) is 2.86. The van der Waals surface area contributed by atoms with E-state index in [1.165, 1.54) is 25.0 Å². The molecule has 0 aliphatic carbocycles. The number of oxime groups is 1. The Morgan fingerprint density at radius 3 is 2.67 bits per heavy atom. The maximum Gasteiger partial charge on any atom is 0.437 e. The predicted molar refractivity (Wildman–Crippen MR) is 74.5 cm³/mol. The van der Waals surface area contributed by atoms with Crippen molar-refractivity contribution in [2.24, 2.45) is 5.16 Å². The normalized spacial score (nSPS) is 28.9. The van der Waals surface area contributed by atoms with Gasteiger partial charge >= 0.3 is 6.18 Å². The van der Waals surface area contributed by atoms with E-state index in [2.05, 4.69) is 10.6 Å². The van der Waals surface area contributed by atoms with E-state index in [1.54, 1.807) is 0 Å². The standard InChI is InChI=1S/C12H18F3N3O2S/c1-10(2)5-9(17-20-10)21-7-8-6-16-18(3)11(8,19-4)12(13,14)15/h6,16H,5,7H2,1-4H3. The van der Waals surface area contributed by atoms with Gasteiger partial charge in [0.25, 0.3) is 5.72 Å². The average molecular weight is 325 g/mol. The highest BCUT2D eigenvalue weighted by Crippen LogP contribution is 2.44. The summed E-state index contributed by atoms with van der Waals surface area (Å²) in [5, 5.41) is 5.50. The summed E-state index contributed by atoms with van der Waals surface area (Å²) in [4.78, 5) is 5.20. The number of ether oxygens (including phenoxy) is 1. The maximum absolute atomic E-state index is 13.4. The number of rotatable bonds is 3. The van der Waals surface area contributed by atoms with E-state index in [9.17, 15) is 13.2 Å². The Bertz CT molecular complexity index is 479. The van der Waals surface area contributed by atoms with Crippen LogP contribution in [0.2, 0.25) is 0 Å². The molecule has 0 saturated heterocycles. The number of nitrogens with one attached hydrogen (secondary N) is 1. The van der Waals surface area contributed by atoms with Crippen LogP contribution in [0.1, 0.15) is 20.3 Å². The van der Waals surface area contributed by atoms with E-state index in [0.717, 1.165) is 12.1 Å². The van der Waals surface area contributed by atoms with Gasteiger partial charge in [-0.05, 0) is 13.8 Å². The fourth-order valence-electron chi connectivity index (χ4n) is 2.32. The van der Waals surface area contributed by atoms with Crippen molar-refractivity contribution in [3.63, 3.8) is 0 Å². The molecule has 2 aliphatic heterocycles. The molecule has 0 aromatic rings. The van der Waals surface area contributed by atoms with Crippen LogP contribution in [0.25, 0.3) is 0 Å². The molecule has 0 bridgehead atoms. The molecule has 21 heavy (non-hydrogen) atoms. The summed E-state index contributed by atoms with van der Waals surface area (Å²) in [6, 6.07) is 0. The first kappa shape index (κ1) is 16.4. The summed E-state index contributed by atoms with van der Waals surface area (Å²) >= 11 is 1.23. The molecular formula is C12H18F3N3O2S. The van der Waals surface area contributed by atoms with Gasteiger partial charge in [-0.1, -0.05) is 5.16 Å². The molecule has 2 aliphatic rings. The van der Waals surface area contributed by atoms with E-state index in [-0.39, 0.29) is 11.3 Å². The number of methoxy groups -OCH3 is 1. The van der Waals surface area contributed by atoms with Crippen molar-refractivity contribution in [2.75, 3.05) is 19.9 Å². The molecule has 9 heteroatoms. The molecule has 1 unspecified atom stereocenters. The molecule has 1 N–H and O–H groups in total. The molecule has 0 radical (unpaired) electrons. The van der Waals surface area contributed by atoms with Gasteiger partial charge in [-0.15, -0.1) is 11.8 Å². The fraction of sp³-hybridized carbons (Fsp3) is 0.750. The minimum Gasteiger partial charge on any atom is -0.389 e. The van der Waals surface area contributed by atoms with Crippen molar-refractivity contribution in [3.05, 3.63) is 11.8 Å². The lowest BCUT2D eigenvalue weighted by Crippen LogP contribution is -2.59. The van der Waals surface area contributed by atoms with E-state index >= 15 is 0 Å². The number of likely N-dealkylation sites (N-methyl/N-ethyl adjacent to an activating group) is 1. The minimum absolute atomic E-state index is 0.0948. The Labute approximate surface area is 125 Å². The summed E-state index contributed by atoms with van der Waals surface area (Å²) in [5.74, 6) is 0.114. The highest BCUT2D eigenvalue weighted by molar-refractivity contribution is 8.14. The molecule has 0 amide bonds. The number of thioether (sulfide) groups is 1. The first-order valence-electron chi connectivity index (χ1n) is 6.31. The lowest BCUT2D eigenvalue weighted by Gasteiger charge is -2.37. The van der Waals surface area contributed by atoms with Crippen molar-refractivity contribution < 1.29 is 22.7 Å². The SMILES string of the molecule is COC1(C(F)(F)F)C(CSC2=NOC(C)(C)C2)=CNN1C. The molecule has 5 nitrogen and oxygen atoms in total. The molecule has 0 aromatic heterocycles. The number of nitrogens with zero attached hydrogens (tertiary/aromatic N) is 2. The van der Waals surface area contributed by atoms with Crippen LogP contribution in [-0.2, 0) is 9.57 Å². The lowest BCUT2D eigenvalue weighted by molar-refractivity contribution is -0.303. The predicted octanol–water partition coefficient (Wildman–Crippen LogP) is 2.47. The van der Waals surface area contributed by atoms with Crippen LogP contribution >= 0.6 is 11.8 Å². The van der Waals surface area contributed by atoms with Gasteiger partial charge in [-0.2, -0.15) is 18.2 Å². The zero-order valence-electron chi connectivity index (χ0n) is 12.2. The summed E-state index contributed by atoms with van der Waals surface area (Å²) in [6.45, 7) is 3.76. The Morgan fingerprint density at radius 1 is 1.52 bits per heavy atom. The quantitative estimate of drug-likeness (QED) is 0.864. The van der Waals surface area contributed by atoms with Crippen LogP contribution in [0.4, 0.5) is 13.2 Å². The molecule has 0 spiro atoms. The monoisotopic (exact) mass is 325 g/mol. The first-order chi connectivity index (χ1) is 9.62. The number of hydrogen-bond donors (Lipinski definition) is 1. The van der Waals surface area contributed by atoms with E-state index in [1.807, 2.05) is 13.8 Å². The summed E-state index contributed by atoms with van der Waals surface area (Å²) in [7, 11) is 2.35. The maximum atomic E-state index is 13.4. The minimum atomic E-state index is -4.56. The van der Waals surface area contributed by atoms with Crippen LogP contribution in [0.3, 0.4) is 0 Å². The second-order valence-electron chi connectivity index (χ2n) is 5.51. The fourth-order valence-corrected chi connectivity index (χ4v) is 3.46. The van der Waals surface area contributed by atoms with Crippen molar-refractivity contribution >= 4 is 16.8 Å². The van der Waals surface area contributed by atoms with Gasteiger partial charge in [0, 0.05) is 38.1 Å². The van der Waals surface area contributed by atoms with Crippen molar-refractivity contribution in [1.82, 2.24) is 10.4 Å². The number of halogens is 3. The van der Waals surface area contributed by atoms with Gasteiger partial charge in [0.1, 0.15) is 10.6 Å². The second kappa shape index (κ2) is 5.36. The van der Waals surface area contributed by atoms with Gasteiger partial charge in [-0.25, -0.2) is 0 Å². The number of hydrazine groups is 1. The van der Waals surface area contributed by atoms with Crippen LogP contribution < -0.4 is 5.43 Å². The Morgan fingerprint density at radius 2 is 2.19 bits per heavy atom. The summed E-state index contributed by atoms with van der Waals surface area (Å²) in [5.41, 5.74) is -0.202. The molecule has 120 valence electrons. The van der Waals surface area contributed by atoms with Crippen molar-refractivity contribution in [3.8, 4) is 0 Å². The van der Waals surface area contributed by atoms with Crippen LogP contribution in [0.15, 0.2) is 16.9 Å². The third-order valence-electron chi connectivity index (χ3n) is 3.39. The van der Waals surface area contributed by atoms with Crippen molar-refractivity contribution in [2.45, 2.75) is 37.8 Å². The Kier molecular flexibility index (Phi) is 4.20. The van der Waals surface area contributed by atoms with Crippen LogP contribution in [0.5, 0.6) is 0 Å². The van der Waals surface area contributed by atoms with Crippen LogP contribution in [0, 0.1) is 0 Å². The molecule has 2 heterocycles. The van der Waals surface area contributed by atoms with E-state index in [4.69, 9.17) is 9.57 Å². The average Bonchev–Trinajstić information content (AvgIpc) is 2.86. The highest BCUT2D eigenvalue weighted by Gasteiger charge is 2.63. The topological polar surface area (TPSA) is 46.1 Å². The van der Waals surface area contributed by atoms with E-state index in [0.29, 0.717) is 11.5 Å². The van der Waals surface area contributed by atoms with Gasteiger partial charge in [0.05, 0.1) is 0 Å². The molecule has 0 saturated carbocycles. The van der Waals surface area contributed by atoms with Gasteiger partial charge in [0.2, 0.25) is 0 Å². The zero-order valence-corrected chi connectivity index (χ0v) is 13.1. The van der Waals surface area contributed by atoms with Gasteiger partial charge in [0.15, 0.2) is 0 Å². The summed E-state index contributed by atoms with van der Waals surface area (Å²) in [6.07, 6.45) is -2.65. The smallest absolute Gasteiger partial charge is 0.389 e. The summed E-state index contributed by atoms with van der Waals surface area (Å²) < 4.78 is 45.1. The van der Waals surface area contributed by atoms with E-state index < -0.39 is 17.5 Å². The second-order valence-corrected chi connectivity index (χ2v) is 6.55. The first-order valence-corrected chi connectivity index (χ1v) is 7.30. The molecule has 2 rings (SSSR count). The van der Waals surface area contributed by atoms with Gasteiger partial charge < -0.3 is 15.0 Å². The highest BCUT2D eigenvalue weighted by atomic mass is 32.2. The van der Waals surface area contributed by atoms with Gasteiger partial charge in [-0.3, -0.25) is 0 Å². The van der Waals surface area contributed by atoms with Crippen LogP contribution in [-0.4, -0.2) is 47.5 Å². The third-order valence-corrected chi connectivity index (χ3v) is 4.39. The molecule has 0 aromatic carbocycles. The lowest BCUT2D eigenvalue weighted by atomic mass is 10.1. The zero-order chi connectivity index (χ0) is 15.9. The largest absolute Gasteiger partial charge is 0.437 e. The molecule has 0 fully saturated rings. The van der Waals surface area contributed by atoms with Crippen molar-refractivity contribution in [1.29, 1.82) is 0 Å². The molecule has 1 atom stereocenters. The Balaban J connectivity index is 2.09. The Hall–Kier alpha value is -0.930. The number of alkyl halides is 3. The molecular weight excluding hydrogens is 307 g/mol.